The average Bonchev–Trinajstić information content (AvgIpc) is 2.74. The van der Waals surface area contributed by atoms with E-state index in [-0.39, 0.29) is 12.0 Å². The Bertz CT molecular complexity index is 452. The van der Waals surface area contributed by atoms with Crippen molar-refractivity contribution in [2.24, 2.45) is 0 Å². The second kappa shape index (κ2) is 4.65. The molecular formula is C10H14N2O2S2. The number of carbonyl (C=O) groups excluding carboxylic acids is 1. The van der Waals surface area contributed by atoms with E-state index in [1.54, 1.807) is 4.90 Å². The predicted octanol–water partition coefficient (Wildman–Crippen LogP) is 1.25. The van der Waals surface area contributed by atoms with Crippen molar-refractivity contribution in [2.75, 3.05) is 13.1 Å². The molecule has 1 aliphatic heterocycles. The summed E-state index contributed by atoms with van der Waals surface area (Å²) >= 11 is 6.48. The number of nitrogens with one attached hydrogen (secondary N) is 1. The van der Waals surface area contributed by atoms with Crippen LogP contribution in [0.5, 0.6) is 0 Å². The van der Waals surface area contributed by atoms with Crippen molar-refractivity contribution in [3.63, 3.8) is 0 Å². The van der Waals surface area contributed by atoms with Crippen molar-refractivity contribution in [2.45, 2.75) is 25.9 Å². The smallest absolute Gasteiger partial charge is 0.227 e. The van der Waals surface area contributed by atoms with Gasteiger partial charge in [-0.05, 0) is 25.6 Å². The first-order valence-corrected chi connectivity index (χ1v) is 6.43. The van der Waals surface area contributed by atoms with E-state index in [0.717, 1.165) is 10.6 Å². The first-order valence-electron chi connectivity index (χ1n) is 5.20. The van der Waals surface area contributed by atoms with E-state index in [1.807, 2.05) is 6.92 Å². The van der Waals surface area contributed by atoms with Crippen LogP contribution < -0.4 is 0 Å². The zero-order valence-corrected chi connectivity index (χ0v) is 10.7. The highest BCUT2D eigenvalue weighted by Gasteiger charge is 2.25. The zero-order chi connectivity index (χ0) is 11.7. The molecule has 0 unspecified atom stereocenters. The number of amides is 1. The Hall–Kier alpha value is -0.720. The predicted molar refractivity (Wildman–Crippen MR) is 65.1 cm³/mol. The van der Waals surface area contributed by atoms with Gasteiger partial charge in [-0.2, -0.15) is 0 Å². The van der Waals surface area contributed by atoms with E-state index in [4.69, 9.17) is 12.2 Å². The van der Waals surface area contributed by atoms with E-state index in [0.29, 0.717) is 29.9 Å². The lowest BCUT2D eigenvalue weighted by Gasteiger charge is -2.14. The Morgan fingerprint density at radius 1 is 1.75 bits per heavy atom. The van der Waals surface area contributed by atoms with Gasteiger partial charge in [0.15, 0.2) is 3.95 Å². The molecule has 1 amide bonds. The second-order valence-corrected chi connectivity index (χ2v) is 5.79. The molecule has 2 N–H and O–H groups in total. The van der Waals surface area contributed by atoms with Crippen molar-refractivity contribution in [1.29, 1.82) is 0 Å². The number of carbonyl (C=O) groups is 1. The summed E-state index contributed by atoms with van der Waals surface area (Å²) in [6.45, 7) is 3.05. The summed E-state index contributed by atoms with van der Waals surface area (Å²) in [6, 6.07) is 0. The Kier molecular flexibility index (Phi) is 3.41. The number of nitrogens with zero attached hydrogens (tertiary/aromatic N) is 1. The van der Waals surface area contributed by atoms with Gasteiger partial charge in [0, 0.05) is 23.7 Å². The van der Waals surface area contributed by atoms with Crippen LogP contribution in [0, 0.1) is 10.9 Å². The van der Waals surface area contributed by atoms with Crippen molar-refractivity contribution in [3.8, 4) is 0 Å². The number of hydrogen-bond donors (Lipinski definition) is 2. The minimum Gasteiger partial charge on any atom is -0.391 e. The van der Waals surface area contributed by atoms with Crippen molar-refractivity contribution in [3.05, 3.63) is 14.5 Å². The van der Waals surface area contributed by atoms with Gasteiger partial charge in [-0.3, -0.25) is 4.79 Å². The van der Waals surface area contributed by atoms with Gasteiger partial charge in [-0.1, -0.05) is 0 Å². The second-order valence-electron chi connectivity index (χ2n) is 4.02. The molecule has 1 atom stereocenters. The lowest BCUT2D eigenvalue weighted by Crippen LogP contribution is -2.30. The average molecular weight is 258 g/mol. The van der Waals surface area contributed by atoms with Gasteiger partial charge in [0.25, 0.3) is 0 Å². The standard InChI is InChI=1S/C10H14N2O2S2/c1-6-8(16-10(15)11-6)4-9(14)12-3-2-7(13)5-12/h7,13H,2-5H2,1H3,(H,11,15)/t7-/m0/s1. The third-order valence-electron chi connectivity index (χ3n) is 2.75. The molecule has 1 saturated heterocycles. The van der Waals surface area contributed by atoms with Gasteiger partial charge in [0.1, 0.15) is 0 Å². The molecule has 88 valence electrons. The molecule has 16 heavy (non-hydrogen) atoms. The fourth-order valence-corrected chi connectivity index (χ4v) is 3.11. The van der Waals surface area contributed by atoms with Crippen LogP contribution in [0.1, 0.15) is 17.0 Å². The summed E-state index contributed by atoms with van der Waals surface area (Å²) in [4.78, 5) is 17.6. The fraction of sp³-hybridized carbons (Fsp3) is 0.600. The molecular weight excluding hydrogens is 244 g/mol. The van der Waals surface area contributed by atoms with Crippen LogP contribution in [0.15, 0.2) is 0 Å². The quantitative estimate of drug-likeness (QED) is 0.785. The number of thiazole rings is 1. The van der Waals surface area contributed by atoms with Gasteiger partial charge < -0.3 is 15.0 Å². The molecule has 4 nitrogen and oxygen atoms in total. The van der Waals surface area contributed by atoms with Gasteiger partial charge in [0.2, 0.25) is 5.91 Å². The molecule has 6 heteroatoms. The van der Waals surface area contributed by atoms with Crippen LogP contribution in [0.25, 0.3) is 0 Å². The molecule has 1 fully saturated rings. The molecule has 2 rings (SSSR count). The molecule has 0 aliphatic carbocycles. The highest BCUT2D eigenvalue weighted by atomic mass is 32.1. The van der Waals surface area contributed by atoms with Crippen LogP contribution in [-0.2, 0) is 11.2 Å². The third kappa shape index (κ3) is 2.50. The SMILES string of the molecule is Cc1[nH]c(=S)sc1CC(=O)N1CC[C@H](O)C1. The minimum absolute atomic E-state index is 0.0740. The number of β-amino-alcohol motifs (C(OH)–C–C–N with tert-alkyl or cyclic N) is 1. The monoisotopic (exact) mass is 258 g/mol. The number of H-pyrrole nitrogens is 1. The zero-order valence-electron chi connectivity index (χ0n) is 9.02. The normalized spacial score (nSPS) is 20.4. The summed E-state index contributed by atoms with van der Waals surface area (Å²) in [6.07, 6.45) is 0.721. The topological polar surface area (TPSA) is 56.3 Å². The minimum atomic E-state index is -0.352. The Balaban J connectivity index is 2.02. The summed E-state index contributed by atoms with van der Waals surface area (Å²) in [5, 5.41) is 9.36. The number of likely N-dealkylation sites (tertiary alicyclic amines) is 1. The van der Waals surface area contributed by atoms with E-state index in [9.17, 15) is 9.90 Å². The first kappa shape index (κ1) is 11.8. The Morgan fingerprint density at radius 2 is 2.50 bits per heavy atom. The number of aromatic amines is 1. The highest BCUT2D eigenvalue weighted by Crippen LogP contribution is 2.17. The van der Waals surface area contributed by atoms with Crippen LogP contribution in [0.4, 0.5) is 0 Å². The maximum Gasteiger partial charge on any atom is 0.227 e. The molecule has 0 saturated carbocycles. The van der Waals surface area contributed by atoms with Crippen LogP contribution in [-0.4, -0.2) is 40.1 Å². The summed E-state index contributed by atoms with van der Waals surface area (Å²) in [5.74, 6) is 0.0740. The molecule has 0 radical (unpaired) electrons. The third-order valence-corrected chi connectivity index (χ3v) is 4.09. The first-order chi connectivity index (χ1) is 7.56. The molecule has 1 aromatic heterocycles. The van der Waals surface area contributed by atoms with Crippen LogP contribution in [0.3, 0.4) is 0 Å². The van der Waals surface area contributed by atoms with Crippen LogP contribution >= 0.6 is 23.6 Å². The lowest BCUT2D eigenvalue weighted by atomic mass is 10.3. The molecule has 0 bridgehead atoms. The van der Waals surface area contributed by atoms with E-state index in [2.05, 4.69) is 4.98 Å². The Morgan fingerprint density at radius 3 is 3.00 bits per heavy atom. The van der Waals surface area contributed by atoms with Crippen LogP contribution in [0.2, 0.25) is 0 Å². The number of aliphatic hydroxyl groups excluding tert-OH is 1. The fourth-order valence-electron chi connectivity index (χ4n) is 1.82. The number of aliphatic hydroxyl groups is 1. The molecule has 0 spiro atoms. The van der Waals surface area contributed by atoms with Gasteiger partial charge in [0.05, 0.1) is 12.5 Å². The highest BCUT2D eigenvalue weighted by molar-refractivity contribution is 7.73. The summed E-state index contributed by atoms with van der Waals surface area (Å²) < 4.78 is 0.710. The van der Waals surface area contributed by atoms with Crippen molar-refractivity contribution >= 4 is 29.5 Å². The van der Waals surface area contributed by atoms with Gasteiger partial charge in [-0.25, -0.2) is 0 Å². The van der Waals surface area contributed by atoms with Crippen molar-refractivity contribution in [1.82, 2.24) is 9.88 Å². The van der Waals surface area contributed by atoms with Crippen molar-refractivity contribution < 1.29 is 9.90 Å². The molecule has 2 heterocycles. The number of rotatable bonds is 2. The maximum absolute atomic E-state index is 11.9. The largest absolute Gasteiger partial charge is 0.391 e. The van der Waals surface area contributed by atoms with E-state index < -0.39 is 0 Å². The maximum atomic E-state index is 11.9. The van der Waals surface area contributed by atoms with E-state index >= 15 is 0 Å². The van der Waals surface area contributed by atoms with Gasteiger partial charge in [-0.15, -0.1) is 11.3 Å². The molecule has 1 aromatic rings. The molecule has 1 aliphatic rings. The molecule has 0 aromatic carbocycles. The number of aromatic nitrogens is 1. The summed E-state index contributed by atoms with van der Waals surface area (Å²) in [5.41, 5.74) is 0.975. The lowest BCUT2D eigenvalue weighted by molar-refractivity contribution is -0.129. The number of aryl methyl sites for hydroxylation is 1. The summed E-state index contributed by atoms with van der Waals surface area (Å²) in [7, 11) is 0. The Labute approximate surface area is 103 Å². The number of hydrogen-bond acceptors (Lipinski definition) is 4. The van der Waals surface area contributed by atoms with Gasteiger partial charge >= 0.3 is 0 Å². The van der Waals surface area contributed by atoms with E-state index in [1.165, 1.54) is 11.3 Å².